The van der Waals surface area contributed by atoms with Crippen molar-refractivity contribution in [2.24, 2.45) is 10.9 Å². The number of rotatable bonds is 4. The number of nitrogens with zero attached hydrogens (tertiary/aromatic N) is 1. The van der Waals surface area contributed by atoms with Gasteiger partial charge in [0, 0.05) is 5.56 Å². The lowest BCUT2D eigenvalue weighted by Gasteiger charge is -2.09. The molecule has 0 spiro atoms. The molecule has 5 heteroatoms. The Morgan fingerprint density at radius 1 is 1.30 bits per heavy atom. The van der Waals surface area contributed by atoms with Gasteiger partial charge in [-0.1, -0.05) is 29.4 Å². The molecule has 0 radical (unpaired) electrons. The molecule has 0 saturated carbocycles. The van der Waals surface area contributed by atoms with Crippen LogP contribution in [0, 0.1) is 6.92 Å². The first-order valence-electron chi connectivity index (χ1n) is 6.06. The molecule has 2 rings (SSSR count). The van der Waals surface area contributed by atoms with Crippen LogP contribution in [0.2, 0.25) is 0 Å². The lowest BCUT2D eigenvalue weighted by Crippen LogP contribution is -2.13. The molecule has 104 valence electrons. The smallest absolute Gasteiger partial charge is 0.170 e. The molecule has 0 saturated heterocycles. The summed E-state index contributed by atoms with van der Waals surface area (Å²) in [6.45, 7) is 2.43. The minimum Gasteiger partial charge on any atom is -0.488 e. The van der Waals surface area contributed by atoms with E-state index in [1.54, 1.807) is 6.07 Å². The Labute approximate surface area is 126 Å². The molecular weight excluding hydrogens is 320 g/mol. The van der Waals surface area contributed by atoms with Crippen molar-refractivity contribution in [1.29, 1.82) is 0 Å². The van der Waals surface area contributed by atoms with E-state index in [2.05, 4.69) is 21.1 Å². The van der Waals surface area contributed by atoms with Crippen LogP contribution < -0.4 is 10.5 Å². The minimum atomic E-state index is 0.0865. The number of hydrogen-bond acceptors (Lipinski definition) is 3. The Kier molecular flexibility index (Phi) is 4.63. The Morgan fingerprint density at radius 3 is 2.80 bits per heavy atom. The topological polar surface area (TPSA) is 67.8 Å². The number of aryl methyl sites for hydroxylation is 1. The highest BCUT2D eigenvalue weighted by molar-refractivity contribution is 9.10. The molecule has 2 aromatic rings. The van der Waals surface area contributed by atoms with Crippen LogP contribution in [0.1, 0.15) is 16.7 Å². The van der Waals surface area contributed by atoms with E-state index < -0.39 is 0 Å². The van der Waals surface area contributed by atoms with E-state index in [0.29, 0.717) is 12.2 Å². The lowest BCUT2D eigenvalue weighted by molar-refractivity contribution is 0.304. The molecule has 0 fully saturated rings. The van der Waals surface area contributed by atoms with Crippen LogP contribution in [0.4, 0.5) is 0 Å². The molecule has 20 heavy (non-hydrogen) atoms. The first-order valence-corrected chi connectivity index (χ1v) is 6.85. The summed E-state index contributed by atoms with van der Waals surface area (Å²) in [7, 11) is 0. The second-order valence-electron chi connectivity index (χ2n) is 4.41. The first kappa shape index (κ1) is 14.4. The van der Waals surface area contributed by atoms with Crippen molar-refractivity contribution < 1.29 is 9.94 Å². The Hall–Kier alpha value is -2.01. The van der Waals surface area contributed by atoms with E-state index in [1.165, 1.54) is 0 Å². The van der Waals surface area contributed by atoms with Gasteiger partial charge in [0.2, 0.25) is 0 Å². The zero-order valence-electron chi connectivity index (χ0n) is 11.0. The standard InChI is InChI=1S/C15H15BrN2O2/c1-10-5-6-14(13(16)7-10)20-9-11-3-2-4-12(8-11)15(17)18-19/h2-8,19H,9H2,1H3,(H2,17,18). The van der Waals surface area contributed by atoms with Crippen molar-refractivity contribution in [2.45, 2.75) is 13.5 Å². The summed E-state index contributed by atoms with van der Waals surface area (Å²) >= 11 is 3.47. The molecule has 0 atom stereocenters. The molecule has 2 aromatic carbocycles. The number of hydrogen-bond donors (Lipinski definition) is 2. The third-order valence-electron chi connectivity index (χ3n) is 2.81. The summed E-state index contributed by atoms with van der Waals surface area (Å²) in [4.78, 5) is 0. The van der Waals surface area contributed by atoms with Gasteiger partial charge in [-0.25, -0.2) is 0 Å². The van der Waals surface area contributed by atoms with Gasteiger partial charge in [-0.05, 0) is 52.2 Å². The number of benzene rings is 2. The monoisotopic (exact) mass is 334 g/mol. The second-order valence-corrected chi connectivity index (χ2v) is 5.26. The fraction of sp³-hybridized carbons (Fsp3) is 0.133. The molecule has 0 unspecified atom stereocenters. The Balaban J connectivity index is 2.11. The number of ether oxygens (including phenoxy) is 1. The molecule has 0 aliphatic carbocycles. The average molecular weight is 335 g/mol. The largest absolute Gasteiger partial charge is 0.488 e. The summed E-state index contributed by atoms with van der Waals surface area (Å²) < 4.78 is 6.68. The molecular formula is C15H15BrN2O2. The summed E-state index contributed by atoms with van der Waals surface area (Å²) in [6.07, 6.45) is 0. The molecule has 0 bridgehead atoms. The summed E-state index contributed by atoms with van der Waals surface area (Å²) in [5, 5.41) is 11.7. The van der Waals surface area contributed by atoms with Gasteiger partial charge in [0.1, 0.15) is 12.4 Å². The zero-order valence-corrected chi connectivity index (χ0v) is 12.6. The van der Waals surface area contributed by atoms with Crippen LogP contribution in [-0.4, -0.2) is 11.0 Å². The van der Waals surface area contributed by atoms with Crippen LogP contribution in [0.15, 0.2) is 52.1 Å². The molecule has 0 aromatic heterocycles. The Morgan fingerprint density at radius 2 is 2.10 bits per heavy atom. The quantitative estimate of drug-likeness (QED) is 0.389. The van der Waals surface area contributed by atoms with Crippen molar-refractivity contribution in [3.63, 3.8) is 0 Å². The van der Waals surface area contributed by atoms with Gasteiger partial charge in [-0.3, -0.25) is 0 Å². The molecule has 0 aliphatic heterocycles. The maximum absolute atomic E-state index is 8.67. The van der Waals surface area contributed by atoms with Crippen LogP contribution in [0.3, 0.4) is 0 Å². The SMILES string of the molecule is Cc1ccc(OCc2cccc(/C(N)=N/O)c2)c(Br)c1. The normalized spacial score (nSPS) is 11.4. The van der Waals surface area contributed by atoms with Crippen LogP contribution in [0.5, 0.6) is 5.75 Å². The molecule has 4 nitrogen and oxygen atoms in total. The molecule has 0 amide bonds. The van der Waals surface area contributed by atoms with Gasteiger partial charge in [-0.15, -0.1) is 0 Å². The van der Waals surface area contributed by atoms with Crippen LogP contribution >= 0.6 is 15.9 Å². The summed E-state index contributed by atoms with van der Waals surface area (Å²) in [6, 6.07) is 13.3. The van der Waals surface area contributed by atoms with E-state index in [4.69, 9.17) is 15.7 Å². The van der Waals surface area contributed by atoms with Crippen molar-refractivity contribution in [3.8, 4) is 5.75 Å². The van der Waals surface area contributed by atoms with E-state index in [9.17, 15) is 0 Å². The number of amidine groups is 1. The van der Waals surface area contributed by atoms with Gasteiger partial charge in [0.05, 0.1) is 4.47 Å². The molecule has 0 heterocycles. The van der Waals surface area contributed by atoms with Crippen LogP contribution in [-0.2, 0) is 6.61 Å². The minimum absolute atomic E-state index is 0.0865. The molecule has 0 aliphatic rings. The van der Waals surface area contributed by atoms with E-state index >= 15 is 0 Å². The third kappa shape index (κ3) is 3.51. The predicted molar refractivity (Wildman–Crippen MR) is 82.2 cm³/mol. The van der Waals surface area contributed by atoms with E-state index in [0.717, 1.165) is 21.3 Å². The highest BCUT2D eigenvalue weighted by Gasteiger charge is 2.04. The fourth-order valence-corrected chi connectivity index (χ4v) is 2.37. The van der Waals surface area contributed by atoms with Crippen LogP contribution in [0.25, 0.3) is 0 Å². The van der Waals surface area contributed by atoms with Crippen molar-refractivity contribution in [3.05, 3.63) is 63.6 Å². The van der Waals surface area contributed by atoms with Gasteiger partial charge < -0.3 is 15.7 Å². The maximum Gasteiger partial charge on any atom is 0.170 e. The molecule has 3 N–H and O–H groups in total. The second kappa shape index (κ2) is 6.43. The Bertz CT molecular complexity index is 642. The number of oxime groups is 1. The highest BCUT2D eigenvalue weighted by Crippen LogP contribution is 2.26. The average Bonchev–Trinajstić information content (AvgIpc) is 2.46. The van der Waals surface area contributed by atoms with Crippen molar-refractivity contribution >= 4 is 21.8 Å². The van der Waals surface area contributed by atoms with E-state index in [1.807, 2.05) is 43.3 Å². The highest BCUT2D eigenvalue weighted by atomic mass is 79.9. The van der Waals surface area contributed by atoms with Gasteiger partial charge in [0.25, 0.3) is 0 Å². The first-order chi connectivity index (χ1) is 9.60. The van der Waals surface area contributed by atoms with Gasteiger partial charge in [0.15, 0.2) is 5.84 Å². The van der Waals surface area contributed by atoms with Gasteiger partial charge >= 0.3 is 0 Å². The number of nitrogens with two attached hydrogens (primary N) is 1. The summed E-state index contributed by atoms with van der Waals surface area (Å²) in [5.74, 6) is 0.869. The summed E-state index contributed by atoms with van der Waals surface area (Å²) in [5.41, 5.74) is 8.34. The van der Waals surface area contributed by atoms with Gasteiger partial charge in [-0.2, -0.15) is 0 Å². The van der Waals surface area contributed by atoms with E-state index in [-0.39, 0.29) is 5.84 Å². The zero-order chi connectivity index (χ0) is 14.5. The third-order valence-corrected chi connectivity index (χ3v) is 3.43. The lowest BCUT2D eigenvalue weighted by atomic mass is 10.1. The fourth-order valence-electron chi connectivity index (χ4n) is 1.76. The number of halogens is 1. The van der Waals surface area contributed by atoms with Crippen molar-refractivity contribution in [2.75, 3.05) is 0 Å². The predicted octanol–water partition coefficient (Wildman–Crippen LogP) is 3.43. The maximum atomic E-state index is 8.67. The van der Waals surface area contributed by atoms with Crippen molar-refractivity contribution in [1.82, 2.24) is 0 Å².